The third-order valence-electron chi connectivity index (χ3n) is 0.266. The minimum atomic E-state index is 0.279. The Hall–Kier alpha value is 0.820. The van der Waals surface area contributed by atoms with E-state index in [1.54, 1.807) is 0 Å². The third kappa shape index (κ3) is 4.82. The Kier molecular flexibility index (Phi) is 3.52. The zero-order chi connectivity index (χ0) is 4.28. The van der Waals surface area contributed by atoms with Crippen molar-refractivity contribution in [2.45, 2.75) is 6.92 Å². The van der Waals surface area contributed by atoms with Crippen molar-refractivity contribution in [3.63, 3.8) is 0 Å². The molecule has 0 aromatic rings. The molecule has 2 heteroatoms. The molecule has 0 radical (unpaired) electrons. The number of hydrogen-bond donors (Lipinski definition) is 0. The van der Waals surface area contributed by atoms with E-state index in [-0.39, 0.29) is 21.2 Å². The molecule has 0 aromatic heterocycles. The summed E-state index contributed by atoms with van der Waals surface area (Å²) in [6, 6.07) is 0. The Morgan fingerprint density at radius 3 is 2.00 bits per heavy atom. The number of rotatable bonds is 1. The molecular weight excluding hydrogens is 195 g/mol. The molecular formula is C3H6IS-. The summed E-state index contributed by atoms with van der Waals surface area (Å²) in [6.45, 7) is 2.00. The van der Waals surface area contributed by atoms with Crippen LogP contribution in [0.25, 0.3) is 0 Å². The Balaban J connectivity index is 2.85. The topological polar surface area (TPSA) is 0 Å². The summed E-state index contributed by atoms with van der Waals surface area (Å²) in [5.41, 5.74) is 0. The van der Waals surface area contributed by atoms with Crippen LogP contribution < -0.4 is 21.2 Å². The van der Waals surface area contributed by atoms with Crippen molar-refractivity contribution >= 4 is 15.1 Å². The first-order valence-corrected chi connectivity index (χ1v) is 4.92. The van der Waals surface area contributed by atoms with E-state index in [0.717, 1.165) is 0 Å². The molecule has 5 heavy (non-hydrogen) atoms. The zero-order valence-corrected chi connectivity index (χ0v) is 6.26. The summed E-state index contributed by atoms with van der Waals surface area (Å²) in [5, 5.41) is 0. The van der Waals surface area contributed by atoms with Gasteiger partial charge in [0.2, 0.25) is 0 Å². The van der Waals surface area contributed by atoms with E-state index in [1.165, 1.54) is 2.87 Å². The molecule has 0 N–H and O–H groups in total. The van der Waals surface area contributed by atoms with E-state index in [0.29, 0.717) is 0 Å². The number of halogens is 1. The predicted octanol–water partition coefficient (Wildman–Crippen LogP) is -1.95. The molecule has 0 saturated carbocycles. The van der Waals surface area contributed by atoms with Crippen LogP contribution in [0.2, 0.25) is 0 Å². The van der Waals surface area contributed by atoms with Crippen LogP contribution in [-0.4, -0.2) is 7.80 Å². The Labute approximate surface area is 48.2 Å². The summed E-state index contributed by atoms with van der Waals surface area (Å²) in [6.07, 6.45) is 0. The van der Waals surface area contributed by atoms with Crippen molar-refractivity contribution in [3.8, 4) is 0 Å². The van der Waals surface area contributed by atoms with Crippen LogP contribution in [0.3, 0.4) is 0 Å². The Morgan fingerprint density at radius 1 is 1.80 bits per heavy atom. The van der Waals surface area contributed by atoms with Gasteiger partial charge < -0.3 is 0 Å². The predicted molar refractivity (Wildman–Crippen MR) is 24.2 cm³/mol. The van der Waals surface area contributed by atoms with Gasteiger partial charge in [-0.05, 0) is 0 Å². The number of hydrogen-bond acceptors (Lipinski definition) is 1. The summed E-state index contributed by atoms with van der Waals surface area (Å²) in [5.74, 6) is 0. The normalized spacial score (nSPS) is 8.40. The van der Waals surface area contributed by atoms with Gasteiger partial charge in [0.25, 0.3) is 0 Å². The second-order valence-corrected chi connectivity index (χ2v) is 4.70. The molecule has 0 aliphatic carbocycles. The summed E-state index contributed by atoms with van der Waals surface area (Å²) in [7, 11) is 0. The van der Waals surface area contributed by atoms with E-state index in [2.05, 4.69) is 4.93 Å². The third-order valence-corrected chi connectivity index (χ3v) is 2.82. The summed E-state index contributed by atoms with van der Waals surface area (Å²) >= 11 is 5.02. The summed E-state index contributed by atoms with van der Waals surface area (Å²) < 4.78 is 1.20. The van der Waals surface area contributed by atoms with Crippen molar-refractivity contribution in [1.82, 2.24) is 0 Å². The van der Waals surface area contributed by atoms with Gasteiger partial charge in [0.1, 0.15) is 0 Å². The second kappa shape index (κ2) is 3.03. The van der Waals surface area contributed by atoms with Gasteiger partial charge in [-0.2, -0.15) is 0 Å². The van der Waals surface area contributed by atoms with E-state index in [9.17, 15) is 0 Å². The number of thiocarbonyl (C=S) groups is 1. The fourth-order valence-electron chi connectivity index (χ4n) is 0. The Bertz CT molecular complexity index is 42.2. The second-order valence-electron chi connectivity index (χ2n) is 0.659. The quantitative estimate of drug-likeness (QED) is 0.206. The van der Waals surface area contributed by atoms with E-state index >= 15 is 0 Å². The van der Waals surface area contributed by atoms with Crippen molar-refractivity contribution in [1.29, 1.82) is 0 Å². The molecule has 0 amide bonds. The molecule has 0 nitrogen and oxygen atoms in total. The van der Waals surface area contributed by atoms with Gasteiger partial charge in [-0.1, -0.05) is 0 Å². The molecule has 0 unspecified atom stereocenters. The monoisotopic (exact) mass is 201 g/mol. The maximum atomic E-state index is 4.75. The molecule has 0 rings (SSSR count). The number of alkyl halides is 1. The van der Waals surface area contributed by atoms with Gasteiger partial charge in [0.05, 0.1) is 0 Å². The molecule has 0 bridgehead atoms. The maximum absolute atomic E-state index is 4.75. The van der Waals surface area contributed by atoms with Crippen LogP contribution in [0.5, 0.6) is 0 Å². The fourth-order valence-corrected chi connectivity index (χ4v) is 0. The van der Waals surface area contributed by atoms with Gasteiger partial charge in [-0.3, -0.25) is 0 Å². The van der Waals surface area contributed by atoms with E-state index < -0.39 is 0 Å². The van der Waals surface area contributed by atoms with Crippen molar-refractivity contribution in [2.24, 2.45) is 0 Å². The molecule has 0 aromatic carbocycles. The van der Waals surface area contributed by atoms with E-state index in [1.807, 2.05) is 6.92 Å². The first-order chi connectivity index (χ1) is 2.27. The molecule has 0 atom stereocenters. The molecule has 0 spiro atoms. The van der Waals surface area contributed by atoms with Crippen LogP contribution >= 0.6 is 12.2 Å². The van der Waals surface area contributed by atoms with Crippen molar-refractivity contribution in [3.05, 3.63) is 0 Å². The fraction of sp³-hybridized carbons (Fsp3) is 0.667. The molecule has 0 aliphatic rings. The van der Waals surface area contributed by atoms with Gasteiger partial charge in [-0.15, -0.1) is 0 Å². The molecule has 0 fully saturated rings. The molecule has 32 valence electrons. The zero-order valence-electron chi connectivity index (χ0n) is 3.29. The minimum absolute atomic E-state index is 0.279. The first-order valence-electron chi connectivity index (χ1n) is 1.27. The molecule has 0 saturated heterocycles. The average Bonchev–Trinajstić information content (AvgIpc) is 1.38. The van der Waals surface area contributed by atoms with Crippen LogP contribution in [0.4, 0.5) is 0 Å². The van der Waals surface area contributed by atoms with Crippen LogP contribution in [-0.2, 0) is 0 Å². The van der Waals surface area contributed by atoms with Crippen molar-refractivity contribution in [2.75, 3.05) is 4.93 Å². The summed E-state index contributed by atoms with van der Waals surface area (Å²) in [4.78, 5) is 2.17. The first kappa shape index (κ1) is 5.82. The SMILES string of the molecule is C[I-]C(C)=S. The van der Waals surface area contributed by atoms with Crippen molar-refractivity contribution < 1.29 is 21.2 Å². The van der Waals surface area contributed by atoms with Gasteiger partial charge >= 0.3 is 48.1 Å². The molecule has 0 aliphatic heterocycles. The van der Waals surface area contributed by atoms with Crippen LogP contribution in [0.15, 0.2) is 0 Å². The van der Waals surface area contributed by atoms with Gasteiger partial charge in [-0.25, -0.2) is 0 Å². The Morgan fingerprint density at radius 2 is 2.00 bits per heavy atom. The van der Waals surface area contributed by atoms with Gasteiger partial charge in [0.15, 0.2) is 0 Å². The van der Waals surface area contributed by atoms with Crippen LogP contribution in [0.1, 0.15) is 6.92 Å². The average molecular weight is 201 g/mol. The van der Waals surface area contributed by atoms with E-state index in [4.69, 9.17) is 12.2 Å². The van der Waals surface area contributed by atoms with Crippen LogP contribution in [0, 0.1) is 0 Å². The molecule has 0 heterocycles. The van der Waals surface area contributed by atoms with Gasteiger partial charge in [0, 0.05) is 0 Å². The standard InChI is InChI=1S/C3H6IS/c1-3(5)4-2/h1-2H3/q-1.